The molecule has 0 aliphatic rings. The Morgan fingerprint density at radius 3 is 2.67 bits per heavy atom. The van der Waals surface area contributed by atoms with Gasteiger partial charge in [0.25, 0.3) is 5.56 Å². The Labute approximate surface area is 108 Å². The molecule has 0 radical (unpaired) electrons. The lowest BCUT2D eigenvalue weighted by Gasteiger charge is -1.99. The first-order valence-corrected chi connectivity index (χ1v) is 5.58. The molecule has 1 aromatic heterocycles. The van der Waals surface area contributed by atoms with Crippen molar-refractivity contribution < 1.29 is 0 Å². The molecule has 0 fully saturated rings. The van der Waals surface area contributed by atoms with Gasteiger partial charge in [0.2, 0.25) is 5.11 Å². The number of H-pyrrole nitrogens is 1. The van der Waals surface area contributed by atoms with Gasteiger partial charge in [-0.3, -0.25) is 9.89 Å². The van der Waals surface area contributed by atoms with Crippen LogP contribution in [0.15, 0.2) is 45.4 Å². The molecule has 2 aromatic rings. The van der Waals surface area contributed by atoms with Crippen molar-refractivity contribution in [2.45, 2.75) is 6.92 Å². The molecule has 6 nitrogen and oxygen atoms in total. The van der Waals surface area contributed by atoms with Gasteiger partial charge >= 0.3 is 0 Å². The highest BCUT2D eigenvalue weighted by Crippen LogP contribution is 2.13. The lowest BCUT2D eigenvalue weighted by molar-refractivity contribution is 0.835. The summed E-state index contributed by atoms with van der Waals surface area (Å²) >= 11 is 4.58. The fourth-order valence-corrected chi connectivity index (χ4v) is 1.55. The van der Waals surface area contributed by atoms with Crippen molar-refractivity contribution in [3.05, 3.63) is 46.4 Å². The summed E-state index contributed by atoms with van der Waals surface area (Å²) in [5.41, 5.74) is 6.44. The molecule has 0 aliphatic heterocycles. The fraction of sp³-hybridized carbons (Fsp3) is 0.0909. The number of benzene rings is 1. The van der Waals surface area contributed by atoms with Crippen LogP contribution in [0, 0.1) is 6.92 Å². The summed E-state index contributed by atoms with van der Waals surface area (Å²) < 4.78 is 1.39. The summed E-state index contributed by atoms with van der Waals surface area (Å²) in [6.07, 6.45) is 0. The maximum Gasteiger partial charge on any atom is 0.299 e. The number of thiocarbonyl (C=S) groups is 1. The average molecular weight is 261 g/mol. The van der Waals surface area contributed by atoms with Gasteiger partial charge in [0.15, 0.2) is 5.69 Å². The van der Waals surface area contributed by atoms with E-state index < -0.39 is 0 Å². The highest BCUT2D eigenvalue weighted by Gasteiger charge is 2.11. The predicted octanol–water partition coefficient (Wildman–Crippen LogP) is 1.80. The Morgan fingerprint density at radius 2 is 2.06 bits per heavy atom. The summed E-state index contributed by atoms with van der Waals surface area (Å²) in [5, 5.41) is 10.1. The zero-order valence-corrected chi connectivity index (χ0v) is 10.4. The van der Waals surface area contributed by atoms with E-state index in [1.807, 2.05) is 30.3 Å². The van der Waals surface area contributed by atoms with E-state index in [0.29, 0.717) is 5.69 Å². The second-order valence-corrected chi connectivity index (χ2v) is 4.02. The lowest BCUT2D eigenvalue weighted by Crippen LogP contribution is -2.13. The number of rotatable bonds is 2. The summed E-state index contributed by atoms with van der Waals surface area (Å²) in [7, 11) is 0. The van der Waals surface area contributed by atoms with Gasteiger partial charge in [-0.25, -0.2) is 4.68 Å². The first kappa shape index (κ1) is 12.2. The number of aryl methyl sites for hydroxylation is 1. The third-order valence-corrected chi connectivity index (χ3v) is 2.38. The van der Waals surface area contributed by atoms with E-state index in [0.717, 1.165) is 5.69 Å². The molecule has 3 N–H and O–H groups in total. The molecule has 92 valence electrons. The topological polar surface area (TPSA) is 88.5 Å². The molecule has 1 aromatic carbocycles. The number of aromatic nitrogens is 2. The van der Waals surface area contributed by atoms with Gasteiger partial charge < -0.3 is 5.73 Å². The van der Waals surface area contributed by atoms with Crippen molar-refractivity contribution in [2.24, 2.45) is 16.0 Å². The van der Waals surface area contributed by atoms with Gasteiger partial charge in [0.05, 0.1) is 11.4 Å². The summed E-state index contributed by atoms with van der Waals surface area (Å²) in [6.45, 7) is 1.73. The standard InChI is InChI=1S/C11H11N5OS/c1-7-9(13-14-11(12)18)10(17)16(15-7)8-5-3-2-4-6-8/h2-6,15H,1H3,(H2,12,18). The molecular weight excluding hydrogens is 250 g/mol. The molecule has 0 unspecified atom stereocenters. The van der Waals surface area contributed by atoms with Crippen molar-refractivity contribution in [1.82, 2.24) is 9.78 Å². The summed E-state index contributed by atoms with van der Waals surface area (Å²) in [4.78, 5) is 12.1. The minimum atomic E-state index is -0.293. The van der Waals surface area contributed by atoms with E-state index >= 15 is 0 Å². The number of nitrogens with one attached hydrogen (secondary N) is 1. The number of azo groups is 1. The third-order valence-electron chi connectivity index (χ3n) is 2.30. The van der Waals surface area contributed by atoms with Gasteiger partial charge in [-0.1, -0.05) is 18.2 Å². The van der Waals surface area contributed by atoms with Crippen molar-refractivity contribution >= 4 is 23.0 Å². The molecule has 0 atom stereocenters. The molecule has 0 aliphatic carbocycles. The molecule has 18 heavy (non-hydrogen) atoms. The monoisotopic (exact) mass is 261 g/mol. The van der Waals surface area contributed by atoms with Crippen molar-refractivity contribution in [3.8, 4) is 5.69 Å². The van der Waals surface area contributed by atoms with E-state index in [1.165, 1.54) is 4.68 Å². The van der Waals surface area contributed by atoms with Gasteiger partial charge in [0.1, 0.15) is 0 Å². The second-order valence-electron chi connectivity index (χ2n) is 3.60. The highest BCUT2D eigenvalue weighted by atomic mass is 32.1. The zero-order valence-electron chi connectivity index (χ0n) is 9.62. The van der Waals surface area contributed by atoms with Crippen LogP contribution in [0.1, 0.15) is 5.69 Å². The van der Waals surface area contributed by atoms with E-state index in [1.54, 1.807) is 6.92 Å². The Hall–Kier alpha value is -2.28. The Balaban J connectivity index is 2.51. The number of aromatic amines is 1. The zero-order chi connectivity index (χ0) is 13.1. The lowest BCUT2D eigenvalue weighted by atomic mass is 10.3. The normalized spacial score (nSPS) is 10.9. The minimum absolute atomic E-state index is 0.110. The van der Waals surface area contributed by atoms with Crippen LogP contribution in [-0.2, 0) is 0 Å². The number of para-hydroxylation sites is 1. The molecule has 0 amide bonds. The maximum atomic E-state index is 12.1. The van der Waals surface area contributed by atoms with E-state index in [2.05, 4.69) is 27.5 Å². The van der Waals surface area contributed by atoms with Crippen LogP contribution in [0.5, 0.6) is 0 Å². The van der Waals surface area contributed by atoms with Crippen molar-refractivity contribution in [3.63, 3.8) is 0 Å². The van der Waals surface area contributed by atoms with Crippen molar-refractivity contribution in [1.29, 1.82) is 0 Å². The molecule has 0 spiro atoms. The molecule has 0 saturated carbocycles. The number of nitrogens with zero attached hydrogens (tertiary/aromatic N) is 3. The summed E-state index contributed by atoms with van der Waals surface area (Å²) in [5.74, 6) is 0. The molecule has 7 heteroatoms. The highest BCUT2D eigenvalue weighted by molar-refractivity contribution is 7.80. The van der Waals surface area contributed by atoms with Crippen LogP contribution >= 0.6 is 12.2 Å². The number of nitrogens with two attached hydrogens (primary N) is 1. The third kappa shape index (κ3) is 2.35. The Bertz CT molecular complexity index is 656. The Kier molecular flexibility index (Phi) is 3.33. The van der Waals surface area contributed by atoms with Crippen LogP contribution in [-0.4, -0.2) is 14.9 Å². The van der Waals surface area contributed by atoms with Gasteiger partial charge in [-0.2, -0.15) is 0 Å². The van der Waals surface area contributed by atoms with E-state index in [9.17, 15) is 4.79 Å². The van der Waals surface area contributed by atoms with Gasteiger partial charge in [0, 0.05) is 0 Å². The molecular formula is C11H11N5OS. The van der Waals surface area contributed by atoms with Crippen LogP contribution in [0.2, 0.25) is 0 Å². The molecule has 1 heterocycles. The molecule has 0 saturated heterocycles. The van der Waals surface area contributed by atoms with E-state index in [-0.39, 0.29) is 16.4 Å². The summed E-state index contributed by atoms with van der Waals surface area (Å²) in [6, 6.07) is 9.18. The van der Waals surface area contributed by atoms with Crippen molar-refractivity contribution in [2.75, 3.05) is 0 Å². The smallest absolute Gasteiger partial charge is 0.299 e. The number of hydrogen-bond donors (Lipinski definition) is 2. The number of hydrogen-bond acceptors (Lipinski definition) is 3. The Morgan fingerprint density at radius 1 is 1.39 bits per heavy atom. The molecule has 0 bridgehead atoms. The predicted molar refractivity (Wildman–Crippen MR) is 72.4 cm³/mol. The largest absolute Gasteiger partial charge is 0.373 e. The first-order valence-electron chi connectivity index (χ1n) is 5.18. The average Bonchev–Trinajstić information content (AvgIpc) is 2.63. The molecule has 2 rings (SSSR count). The van der Waals surface area contributed by atoms with Gasteiger partial charge in [-0.05, 0) is 31.3 Å². The maximum absolute atomic E-state index is 12.1. The fourth-order valence-electron chi connectivity index (χ4n) is 1.51. The van der Waals surface area contributed by atoms with Crippen LogP contribution < -0.4 is 11.3 Å². The second kappa shape index (κ2) is 4.92. The van der Waals surface area contributed by atoms with Crippen LogP contribution in [0.25, 0.3) is 5.69 Å². The SMILES string of the molecule is Cc1[nH]n(-c2ccccc2)c(=O)c1N=NC(N)=S. The van der Waals surface area contributed by atoms with Crippen LogP contribution in [0.4, 0.5) is 5.69 Å². The minimum Gasteiger partial charge on any atom is -0.373 e. The first-order chi connectivity index (χ1) is 8.59. The quantitative estimate of drug-likeness (QED) is 0.638. The van der Waals surface area contributed by atoms with E-state index in [4.69, 9.17) is 5.73 Å². The van der Waals surface area contributed by atoms with Crippen LogP contribution in [0.3, 0.4) is 0 Å². The van der Waals surface area contributed by atoms with Gasteiger partial charge in [-0.15, -0.1) is 10.2 Å².